The van der Waals surface area contributed by atoms with Crippen LogP contribution in [0.3, 0.4) is 0 Å². The van der Waals surface area contributed by atoms with Gasteiger partial charge in [-0.3, -0.25) is 14.5 Å². The third kappa shape index (κ3) is 4.51. The minimum atomic E-state index is 0.0618. The largest absolute Gasteiger partial charge is 0.342 e. The quantitative estimate of drug-likeness (QED) is 0.769. The number of piperidine rings is 2. The third-order valence-electron chi connectivity index (χ3n) is 6.44. The number of likely N-dealkylation sites (tertiary alicyclic amines) is 2. The zero-order valence-electron chi connectivity index (χ0n) is 16.8. The van der Waals surface area contributed by atoms with Gasteiger partial charge in [0.25, 0.3) is 0 Å². The Hall–Kier alpha value is -2.02. The van der Waals surface area contributed by atoms with E-state index in [2.05, 4.69) is 19.8 Å². The number of aromatic nitrogens is 2. The molecule has 0 aromatic carbocycles. The maximum absolute atomic E-state index is 13.0. The van der Waals surface area contributed by atoms with Crippen molar-refractivity contribution in [2.75, 3.05) is 33.2 Å². The van der Waals surface area contributed by atoms with Crippen molar-refractivity contribution >= 4 is 11.8 Å². The summed E-state index contributed by atoms with van der Waals surface area (Å²) in [5, 5.41) is 0. The van der Waals surface area contributed by atoms with Gasteiger partial charge < -0.3 is 9.80 Å². The standard InChI is InChI=1S/C21H31N5O2/c1-24(14-18-6-9-22-15-23-18)20(27)17-3-2-10-26(13-17)19-7-11-25(12-8-19)21(28)16-4-5-16/h6,9,15-17,19H,2-5,7-8,10-14H2,1H3/t17-/m0/s1. The molecule has 152 valence electrons. The molecule has 1 aliphatic carbocycles. The molecule has 0 N–H and O–H groups in total. The van der Waals surface area contributed by atoms with E-state index in [1.807, 2.05) is 13.1 Å². The van der Waals surface area contributed by atoms with Crippen molar-refractivity contribution in [1.29, 1.82) is 0 Å². The van der Waals surface area contributed by atoms with E-state index in [9.17, 15) is 9.59 Å². The van der Waals surface area contributed by atoms with Crippen LogP contribution >= 0.6 is 0 Å². The first-order valence-corrected chi connectivity index (χ1v) is 10.6. The number of nitrogens with zero attached hydrogens (tertiary/aromatic N) is 5. The van der Waals surface area contributed by atoms with E-state index in [1.54, 1.807) is 11.1 Å². The molecule has 3 fully saturated rings. The van der Waals surface area contributed by atoms with Gasteiger partial charge in [-0.25, -0.2) is 9.97 Å². The smallest absolute Gasteiger partial charge is 0.227 e. The molecule has 4 rings (SSSR count). The summed E-state index contributed by atoms with van der Waals surface area (Å²) in [7, 11) is 1.87. The van der Waals surface area contributed by atoms with Crippen molar-refractivity contribution in [3.63, 3.8) is 0 Å². The minimum absolute atomic E-state index is 0.0618. The highest BCUT2D eigenvalue weighted by Gasteiger charge is 2.37. The second kappa shape index (κ2) is 8.55. The fourth-order valence-electron chi connectivity index (χ4n) is 4.62. The normalized spacial score (nSPS) is 24.2. The molecule has 1 saturated carbocycles. The predicted octanol–water partition coefficient (Wildman–Crippen LogP) is 1.55. The van der Waals surface area contributed by atoms with E-state index in [0.717, 1.165) is 70.4 Å². The van der Waals surface area contributed by atoms with Gasteiger partial charge in [-0.2, -0.15) is 0 Å². The first-order valence-electron chi connectivity index (χ1n) is 10.6. The topological polar surface area (TPSA) is 69.6 Å². The van der Waals surface area contributed by atoms with Gasteiger partial charge in [-0.05, 0) is 51.1 Å². The van der Waals surface area contributed by atoms with Gasteiger partial charge in [-0.15, -0.1) is 0 Å². The average molecular weight is 386 g/mol. The van der Waals surface area contributed by atoms with Crippen LogP contribution in [0.2, 0.25) is 0 Å². The fraction of sp³-hybridized carbons (Fsp3) is 0.714. The second-order valence-electron chi connectivity index (χ2n) is 8.56. The molecular formula is C21H31N5O2. The first-order chi connectivity index (χ1) is 13.6. The molecule has 2 amide bonds. The van der Waals surface area contributed by atoms with Crippen molar-refractivity contribution in [1.82, 2.24) is 24.7 Å². The van der Waals surface area contributed by atoms with Gasteiger partial charge in [0.1, 0.15) is 6.33 Å². The molecule has 0 unspecified atom stereocenters. The van der Waals surface area contributed by atoms with Crippen molar-refractivity contribution in [3.8, 4) is 0 Å². The molecule has 7 nitrogen and oxygen atoms in total. The lowest BCUT2D eigenvalue weighted by molar-refractivity contribution is -0.137. The van der Waals surface area contributed by atoms with E-state index in [1.165, 1.54) is 6.33 Å². The summed E-state index contributed by atoms with van der Waals surface area (Å²) < 4.78 is 0. The Morgan fingerprint density at radius 3 is 2.57 bits per heavy atom. The summed E-state index contributed by atoms with van der Waals surface area (Å²) in [6, 6.07) is 2.36. The van der Waals surface area contributed by atoms with E-state index in [4.69, 9.17) is 0 Å². The average Bonchev–Trinajstić information content (AvgIpc) is 3.59. The molecule has 3 aliphatic rings. The van der Waals surface area contributed by atoms with Crippen LogP contribution < -0.4 is 0 Å². The number of rotatable bonds is 5. The zero-order chi connectivity index (χ0) is 19.5. The molecule has 1 aromatic heterocycles. The monoisotopic (exact) mass is 385 g/mol. The highest BCUT2D eigenvalue weighted by molar-refractivity contribution is 5.81. The number of carbonyl (C=O) groups excluding carboxylic acids is 2. The summed E-state index contributed by atoms with van der Waals surface area (Å²) >= 11 is 0. The zero-order valence-corrected chi connectivity index (χ0v) is 16.8. The van der Waals surface area contributed by atoms with Crippen LogP contribution in [0.15, 0.2) is 18.6 Å². The maximum atomic E-state index is 13.0. The Morgan fingerprint density at radius 1 is 1.11 bits per heavy atom. The minimum Gasteiger partial charge on any atom is -0.342 e. The molecule has 7 heteroatoms. The molecule has 1 aromatic rings. The fourth-order valence-corrected chi connectivity index (χ4v) is 4.62. The van der Waals surface area contributed by atoms with Crippen LogP contribution in [-0.2, 0) is 16.1 Å². The van der Waals surface area contributed by atoms with Crippen molar-refractivity contribution in [3.05, 3.63) is 24.3 Å². The van der Waals surface area contributed by atoms with E-state index < -0.39 is 0 Å². The van der Waals surface area contributed by atoms with Crippen LogP contribution in [0.25, 0.3) is 0 Å². The summed E-state index contributed by atoms with van der Waals surface area (Å²) in [6.45, 7) is 4.19. The van der Waals surface area contributed by atoms with E-state index in [0.29, 0.717) is 24.4 Å². The van der Waals surface area contributed by atoms with Gasteiger partial charge in [0.15, 0.2) is 0 Å². The van der Waals surface area contributed by atoms with Crippen LogP contribution in [-0.4, -0.2) is 75.8 Å². The Balaban J connectivity index is 1.28. The number of carbonyl (C=O) groups is 2. The van der Waals surface area contributed by atoms with Gasteiger partial charge in [0, 0.05) is 44.8 Å². The summed E-state index contributed by atoms with van der Waals surface area (Å²) in [5.41, 5.74) is 0.867. The van der Waals surface area contributed by atoms with Crippen molar-refractivity contribution in [2.45, 2.75) is 51.1 Å². The SMILES string of the molecule is CN(Cc1ccncn1)C(=O)[C@H]1CCCN(C2CCN(C(=O)C3CC3)CC2)C1. The van der Waals surface area contributed by atoms with Crippen molar-refractivity contribution < 1.29 is 9.59 Å². The number of amides is 2. The van der Waals surface area contributed by atoms with E-state index >= 15 is 0 Å². The molecule has 1 atom stereocenters. The Kier molecular flexibility index (Phi) is 5.90. The maximum Gasteiger partial charge on any atom is 0.227 e. The summed E-state index contributed by atoms with van der Waals surface area (Å²) in [6.07, 6.45) is 9.50. The molecule has 0 radical (unpaired) electrons. The van der Waals surface area contributed by atoms with Crippen LogP contribution in [0, 0.1) is 11.8 Å². The third-order valence-corrected chi connectivity index (χ3v) is 6.44. The Labute approximate surface area is 167 Å². The number of hydrogen-bond donors (Lipinski definition) is 0. The molecule has 0 spiro atoms. The second-order valence-corrected chi connectivity index (χ2v) is 8.56. The van der Waals surface area contributed by atoms with Crippen LogP contribution in [0.4, 0.5) is 0 Å². The lowest BCUT2D eigenvalue weighted by Crippen LogP contribution is -2.51. The lowest BCUT2D eigenvalue weighted by Gasteiger charge is -2.42. The molecule has 0 bridgehead atoms. The summed E-state index contributed by atoms with van der Waals surface area (Å²) in [4.78, 5) is 39.7. The highest BCUT2D eigenvalue weighted by atomic mass is 16.2. The lowest BCUT2D eigenvalue weighted by atomic mass is 9.92. The van der Waals surface area contributed by atoms with Gasteiger partial charge in [-0.1, -0.05) is 0 Å². The van der Waals surface area contributed by atoms with Gasteiger partial charge >= 0.3 is 0 Å². The molecule has 2 aliphatic heterocycles. The van der Waals surface area contributed by atoms with E-state index in [-0.39, 0.29) is 11.8 Å². The van der Waals surface area contributed by atoms with Crippen molar-refractivity contribution in [2.24, 2.45) is 11.8 Å². The molecule has 2 saturated heterocycles. The van der Waals surface area contributed by atoms with Gasteiger partial charge in [0.05, 0.1) is 18.2 Å². The van der Waals surface area contributed by atoms with Gasteiger partial charge in [0.2, 0.25) is 11.8 Å². The van der Waals surface area contributed by atoms with Crippen LogP contribution in [0.5, 0.6) is 0 Å². The summed E-state index contributed by atoms with van der Waals surface area (Å²) in [5.74, 6) is 0.965. The van der Waals surface area contributed by atoms with Crippen LogP contribution in [0.1, 0.15) is 44.2 Å². The Bertz CT molecular complexity index is 685. The Morgan fingerprint density at radius 2 is 1.89 bits per heavy atom. The predicted molar refractivity (Wildman–Crippen MR) is 105 cm³/mol. The first kappa shape index (κ1) is 19.3. The molecular weight excluding hydrogens is 354 g/mol. The molecule has 3 heterocycles. The molecule has 28 heavy (non-hydrogen) atoms. The highest BCUT2D eigenvalue weighted by Crippen LogP contribution is 2.32. The number of hydrogen-bond acceptors (Lipinski definition) is 5.